The second kappa shape index (κ2) is 11.5. The summed E-state index contributed by atoms with van der Waals surface area (Å²) in [5.74, 6) is -0.0188. The molecule has 6 heteroatoms. The summed E-state index contributed by atoms with van der Waals surface area (Å²) in [6.45, 7) is 5.68. The Morgan fingerprint density at radius 3 is 2.56 bits per heavy atom. The molecule has 34 heavy (non-hydrogen) atoms. The zero-order valence-electron chi connectivity index (χ0n) is 19.1. The van der Waals surface area contributed by atoms with E-state index in [4.69, 9.17) is 9.47 Å². The van der Waals surface area contributed by atoms with Gasteiger partial charge in [0.15, 0.2) is 11.5 Å². The van der Waals surface area contributed by atoms with Gasteiger partial charge in [-0.05, 0) is 54.8 Å². The smallest absolute Gasteiger partial charge is 0.266 e. The summed E-state index contributed by atoms with van der Waals surface area (Å²) in [5, 5.41) is 12.4. The Bertz CT molecular complexity index is 1270. The van der Waals surface area contributed by atoms with Crippen LogP contribution in [-0.2, 0) is 17.8 Å². The summed E-state index contributed by atoms with van der Waals surface area (Å²) in [4.78, 5) is 12.7. The Morgan fingerprint density at radius 1 is 1.15 bits per heavy atom. The minimum atomic E-state index is -0.513. The number of nitrogens with zero attached hydrogens (tertiary/aromatic N) is 1. The number of ether oxygens (including phenoxy) is 2. The third-order valence-electron chi connectivity index (χ3n) is 5.14. The van der Waals surface area contributed by atoms with Crippen molar-refractivity contribution in [2.24, 2.45) is 0 Å². The van der Waals surface area contributed by atoms with E-state index < -0.39 is 5.91 Å². The van der Waals surface area contributed by atoms with Crippen LogP contribution >= 0.6 is 0 Å². The number of benzene rings is 3. The quantitative estimate of drug-likeness (QED) is 0.244. The summed E-state index contributed by atoms with van der Waals surface area (Å²) in [6, 6.07) is 19.1. The summed E-state index contributed by atoms with van der Waals surface area (Å²) >= 11 is 0. The Kier molecular flexibility index (Phi) is 8.20. The molecule has 3 rings (SSSR count). The molecule has 3 aromatic carbocycles. The van der Waals surface area contributed by atoms with Gasteiger partial charge in [0.25, 0.3) is 5.91 Å². The highest BCUT2D eigenvalue weighted by molar-refractivity contribution is 6.10. The van der Waals surface area contributed by atoms with E-state index in [-0.39, 0.29) is 18.0 Å². The number of amides is 1. The van der Waals surface area contributed by atoms with Crippen LogP contribution < -0.4 is 14.8 Å². The van der Waals surface area contributed by atoms with Gasteiger partial charge in [-0.1, -0.05) is 42.5 Å². The molecular formula is C28H25FN2O3. The van der Waals surface area contributed by atoms with E-state index in [0.717, 1.165) is 11.1 Å². The highest BCUT2D eigenvalue weighted by Gasteiger charge is 2.16. The molecule has 0 spiro atoms. The molecule has 3 aromatic rings. The number of aryl methyl sites for hydroxylation is 1. The average molecular weight is 457 g/mol. The van der Waals surface area contributed by atoms with E-state index in [1.165, 1.54) is 19.3 Å². The second-order valence-corrected chi connectivity index (χ2v) is 7.52. The first-order valence-electron chi connectivity index (χ1n) is 10.6. The van der Waals surface area contributed by atoms with Crippen molar-refractivity contribution < 1.29 is 18.7 Å². The van der Waals surface area contributed by atoms with Gasteiger partial charge in [0.05, 0.1) is 7.11 Å². The van der Waals surface area contributed by atoms with Crippen molar-refractivity contribution in [1.82, 2.24) is 0 Å². The summed E-state index contributed by atoms with van der Waals surface area (Å²) in [5.41, 5.74) is 3.19. The van der Waals surface area contributed by atoms with Crippen LogP contribution in [0.5, 0.6) is 11.5 Å². The number of halogens is 1. The van der Waals surface area contributed by atoms with Crippen LogP contribution in [0.3, 0.4) is 0 Å². The molecule has 0 aliphatic carbocycles. The minimum absolute atomic E-state index is 0.0185. The number of hydrogen-bond donors (Lipinski definition) is 1. The maximum atomic E-state index is 14.0. The van der Waals surface area contributed by atoms with Gasteiger partial charge < -0.3 is 14.8 Å². The van der Waals surface area contributed by atoms with Gasteiger partial charge in [-0.25, -0.2) is 4.39 Å². The molecule has 5 nitrogen and oxygen atoms in total. The van der Waals surface area contributed by atoms with Crippen LogP contribution in [0.1, 0.15) is 22.3 Å². The van der Waals surface area contributed by atoms with Crippen LogP contribution in [0.25, 0.3) is 6.08 Å². The predicted molar refractivity (Wildman–Crippen MR) is 131 cm³/mol. The fourth-order valence-corrected chi connectivity index (χ4v) is 3.37. The van der Waals surface area contributed by atoms with Crippen molar-refractivity contribution >= 4 is 17.7 Å². The largest absolute Gasteiger partial charge is 0.493 e. The second-order valence-electron chi connectivity index (χ2n) is 7.52. The number of rotatable bonds is 9. The van der Waals surface area contributed by atoms with Crippen molar-refractivity contribution in [2.45, 2.75) is 20.0 Å². The number of nitriles is 1. The van der Waals surface area contributed by atoms with Crippen molar-refractivity contribution in [1.29, 1.82) is 5.26 Å². The topological polar surface area (TPSA) is 71.4 Å². The summed E-state index contributed by atoms with van der Waals surface area (Å²) in [7, 11) is 1.49. The van der Waals surface area contributed by atoms with Gasteiger partial charge in [-0.2, -0.15) is 5.26 Å². The molecule has 0 unspecified atom stereocenters. The lowest BCUT2D eigenvalue weighted by atomic mass is 10.0. The van der Waals surface area contributed by atoms with Crippen molar-refractivity contribution in [3.8, 4) is 17.6 Å². The molecule has 1 amide bonds. The number of para-hydroxylation sites is 1. The molecule has 0 saturated carbocycles. The number of carbonyl (C=O) groups is 1. The third-order valence-corrected chi connectivity index (χ3v) is 5.14. The minimum Gasteiger partial charge on any atom is -0.493 e. The van der Waals surface area contributed by atoms with Crippen molar-refractivity contribution in [3.05, 3.63) is 107 Å². The maximum Gasteiger partial charge on any atom is 0.266 e. The first-order valence-corrected chi connectivity index (χ1v) is 10.6. The predicted octanol–water partition coefficient (Wildman–Crippen LogP) is 6.00. The van der Waals surface area contributed by atoms with Gasteiger partial charge in [0, 0.05) is 16.8 Å². The van der Waals surface area contributed by atoms with Crippen molar-refractivity contribution in [2.75, 3.05) is 12.4 Å². The fourth-order valence-electron chi connectivity index (χ4n) is 3.37. The molecular weight excluding hydrogens is 431 g/mol. The lowest BCUT2D eigenvalue weighted by Crippen LogP contribution is -2.14. The number of methoxy groups -OCH3 is 1. The Hall–Kier alpha value is -4.37. The van der Waals surface area contributed by atoms with Crippen LogP contribution in [-0.4, -0.2) is 13.0 Å². The molecule has 0 saturated heterocycles. The van der Waals surface area contributed by atoms with E-state index in [1.807, 2.05) is 31.2 Å². The maximum absolute atomic E-state index is 14.0. The normalized spacial score (nSPS) is 10.8. The van der Waals surface area contributed by atoms with Gasteiger partial charge >= 0.3 is 0 Å². The molecule has 1 N–H and O–H groups in total. The SMILES string of the molecule is C=CCc1cc(/C=C(\C#N)C(=O)Nc2ccccc2C)cc(OC)c1OCc1ccccc1F. The standard InChI is InChI=1S/C28H25FN2O3/c1-4-9-21-14-20(15-23(17-30)28(32)31-25-13-8-5-10-19(25)2)16-26(33-3)27(21)34-18-22-11-6-7-12-24(22)29/h4-8,10-16H,1,9,18H2,2-3H3,(H,31,32)/b23-15+. The average Bonchev–Trinajstić information content (AvgIpc) is 2.84. The highest BCUT2D eigenvalue weighted by atomic mass is 19.1. The number of allylic oxidation sites excluding steroid dienone is 1. The Balaban J connectivity index is 1.92. The number of anilines is 1. The van der Waals surface area contributed by atoms with Crippen molar-refractivity contribution in [3.63, 3.8) is 0 Å². The van der Waals surface area contributed by atoms with Gasteiger partial charge in [-0.15, -0.1) is 6.58 Å². The molecule has 0 radical (unpaired) electrons. The molecule has 0 fully saturated rings. The lowest BCUT2D eigenvalue weighted by Gasteiger charge is -2.16. The van der Waals surface area contributed by atoms with E-state index in [9.17, 15) is 14.4 Å². The fraction of sp³-hybridized carbons (Fsp3) is 0.143. The van der Waals surface area contributed by atoms with Crippen LogP contribution in [0, 0.1) is 24.1 Å². The Labute approximate surface area is 198 Å². The van der Waals surface area contributed by atoms with Gasteiger partial charge in [0.1, 0.15) is 24.1 Å². The molecule has 0 atom stereocenters. The van der Waals surface area contributed by atoms with E-state index in [0.29, 0.717) is 34.7 Å². The van der Waals surface area contributed by atoms with Gasteiger partial charge in [-0.3, -0.25) is 4.79 Å². The molecule has 0 aliphatic heterocycles. The zero-order chi connectivity index (χ0) is 24.5. The number of hydrogen-bond acceptors (Lipinski definition) is 4. The number of nitrogens with one attached hydrogen (secondary N) is 1. The first-order chi connectivity index (χ1) is 16.5. The molecule has 0 aliphatic rings. The van der Waals surface area contributed by atoms with Crippen LogP contribution in [0.15, 0.2) is 78.9 Å². The van der Waals surface area contributed by atoms with Crippen LogP contribution in [0.2, 0.25) is 0 Å². The molecule has 0 bridgehead atoms. The lowest BCUT2D eigenvalue weighted by molar-refractivity contribution is -0.112. The zero-order valence-corrected chi connectivity index (χ0v) is 19.1. The summed E-state index contributed by atoms with van der Waals surface area (Å²) in [6.07, 6.45) is 3.64. The van der Waals surface area contributed by atoms with E-state index >= 15 is 0 Å². The first kappa shape index (κ1) is 24.3. The van der Waals surface area contributed by atoms with Crippen LogP contribution in [0.4, 0.5) is 10.1 Å². The molecule has 0 aromatic heterocycles. The van der Waals surface area contributed by atoms with E-state index in [1.54, 1.807) is 42.5 Å². The Morgan fingerprint density at radius 2 is 1.88 bits per heavy atom. The molecule has 0 heterocycles. The third kappa shape index (κ3) is 5.90. The molecule has 172 valence electrons. The monoisotopic (exact) mass is 456 g/mol. The number of carbonyl (C=O) groups excluding carboxylic acids is 1. The summed E-state index contributed by atoms with van der Waals surface area (Å²) < 4.78 is 25.5. The van der Waals surface area contributed by atoms with Gasteiger partial charge in [0.2, 0.25) is 0 Å². The highest BCUT2D eigenvalue weighted by Crippen LogP contribution is 2.35. The van der Waals surface area contributed by atoms with E-state index in [2.05, 4.69) is 11.9 Å².